The van der Waals surface area contributed by atoms with E-state index in [2.05, 4.69) is 47.2 Å². The Morgan fingerprint density at radius 2 is 2.00 bits per heavy atom. The molecule has 88 valence electrons. The molecule has 2 aromatic rings. The monoisotopic (exact) mass is 248 g/mol. The molecule has 0 bridgehead atoms. The van der Waals surface area contributed by atoms with Crippen LogP contribution in [0.25, 0.3) is 0 Å². The van der Waals surface area contributed by atoms with E-state index in [0.29, 0.717) is 5.82 Å². The second-order valence-corrected chi connectivity index (χ2v) is 4.27. The normalized spacial score (nSPS) is 10.4. The molecular weight excluding hydrogens is 236 g/mol. The molecule has 1 aromatic carbocycles. The lowest BCUT2D eigenvalue weighted by atomic mass is 10.1. The molecule has 0 radical (unpaired) electrons. The Kier molecular flexibility index (Phi) is 3.24. The molecule has 1 aromatic heterocycles. The van der Waals surface area contributed by atoms with Crippen molar-refractivity contribution in [2.75, 3.05) is 11.9 Å². The van der Waals surface area contributed by atoms with Crippen LogP contribution in [0.3, 0.4) is 0 Å². The van der Waals surface area contributed by atoms with E-state index >= 15 is 0 Å². The van der Waals surface area contributed by atoms with Crippen molar-refractivity contribution in [3.05, 3.63) is 40.8 Å². The second kappa shape index (κ2) is 4.67. The number of aryl methyl sites for hydroxylation is 2. The van der Waals surface area contributed by atoms with Crippen LogP contribution in [0.5, 0.6) is 0 Å². The van der Waals surface area contributed by atoms with Crippen molar-refractivity contribution < 1.29 is 0 Å². The Bertz CT molecular complexity index is 542. The Morgan fingerprint density at radius 3 is 2.65 bits per heavy atom. The smallest absolute Gasteiger partial charge is 0.244 e. The largest absolute Gasteiger partial charge is 0.328 e. The summed E-state index contributed by atoms with van der Waals surface area (Å²) in [6, 6.07) is 6.25. The van der Waals surface area contributed by atoms with Crippen molar-refractivity contribution >= 4 is 23.1 Å². The van der Waals surface area contributed by atoms with Gasteiger partial charge in [-0.25, -0.2) is 0 Å². The molecule has 0 aliphatic heterocycles. The average molecular weight is 249 g/mol. The topological polar surface area (TPSA) is 41.9 Å². The second-order valence-electron chi connectivity index (χ2n) is 3.93. The van der Waals surface area contributed by atoms with Crippen molar-refractivity contribution in [3.63, 3.8) is 0 Å². The van der Waals surface area contributed by atoms with Crippen molar-refractivity contribution in [2.24, 2.45) is 0 Å². The van der Waals surface area contributed by atoms with Crippen molar-refractivity contribution in [2.45, 2.75) is 13.8 Å². The van der Waals surface area contributed by atoms with Crippen LogP contribution in [-0.4, -0.2) is 22.2 Å². The molecule has 0 fully saturated rings. The third-order valence-electron chi connectivity index (χ3n) is 2.58. The first kappa shape index (κ1) is 11.8. The fourth-order valence-corrected chi connectivity index (χ4v) is 1.87. The summed E-state index contributed by atoms with van der Waals surface area (Å²) in [4.78, 5) is 6.07. The highest BCUT2D eigenvalue weighted by atomic mass is 35.5. The van der Waals surface area contributed by atoms with E-state index in [4.69, 9.17) is 11.6 Å². The maximum atomic E-state index is 5.73. The first-order chi connectivity index (χ1) is 8.08. The fourth-order valence-electron chi connectivity index (χ4n) is 1.74. The van der Waals surface area contributed by atoms with Gasteiger partial charge in [-0.3, -0.25) is 0 Å². The van der Waals surface area contributed by atoms with Gasteiger partial charge in [-0.1, -0.05) is 17.7 Å². The van der Waals surface area contributed by atoms with E-state index < -0.39 is 0 Å². The van der Waals surface area contributed by atoms with Crippen LogP contribution >= 0.6 is 11.6 Å². The molecule has 0 spiro atoms. The Labute approximate surface area is 105 Å². The van der Waals surface area contributed by atoms with Crippen LogP contribution in [0, 0.1) is 13.8 Å². The zero-order valence-corrected chi connectivity index (χ0v) is 10.7. The lowest BCUT2D eigenvalue weighted by Crippen LogP contribution is -2.13. The molecule has 1 heterocycles. The highest BCUT2D eigenvalue weighted by Gasteiger charge is 2.09. The van der Waals surface area contributed by atoms with Gasteiger partial charge in [-0.15, -0.1) is 5.10 Å². The zero-order chi connectivity index (χ0) is 12.4. The molecule has 5 heteroatoms. The third-order valence-corrected chi connectivity index (χ3v) is 2.74. The summed E-state index contributed by atoms with van der Waals surface area (Å²) in [5.74, 6) is 0.678. The molecule has 0 saturated carbocycles. The molecule has 0 aliphatic carbocycles. The van der Waals surface area contributed by atoms with Gasteiger partial charge in [0.05, 0.1) is 6.20 Å². The third kappa shape index (κ3) is 2.53. The van der Waals surface area contributed by atoms with Gasteiger partial charge in [-0.05, 0) is 37.1 Å². The molecule has 4 nitrogen and oxygen atoms in total. The molecule has 0 saturated heterocycles. The van der Waals surface area contributed by atoms with Gasteiger partial charge >= 0.3 is 0 Å². The maximum Gasteiger partial charge on any atom is 0.244 e. The summed E-state index contributed by atoms with van der Waals surface area (Å²) >= 11 is 5.73. The van der Waals surface area contributed by atoms with Crippen LogP contribution < -0.4 is 4.90 Å². The van der Waals surface area contributed by atoms with E-state index in [1.54, 1.807) is 6.20 Å². The molecule has 0 unspecified atom stereocenters. The minimum atomic E-state index is 0.152. The summed E-state index contributed by atoms with van der Waals surface area (Å²) in [6.07, 6.45) is 1.59. The summed E-state index contributed by atoms with van der Waals surface area (Å²) in [5.41, 5.74) is 3.49. The summed E-state index contributed by atoms with van der Waals surface area (Å²) in [5, 5.41) is 7.57. The summed E-state index contributed by atoms with van der Waals surface area (Å²) < 4.78 is 0. The Balaban J connectivity index is 2.40. The molecular formula is C12H13ClN4. The Hall–Kier alpha value is -1.68. The van der Waals surface area contributed by atoms with Gasteiger partial charge in [0.2, 0.25) is 5.28 Å². The maximum absolute atomic E-state index is 5.73. The van der Waals surface area contributed by atoms with Gasteiger partial charge in [-0.2, -0.15) is 10.1 Å². The molecule has 0 N–H and O–H groups in total. The van der Waals surface area contributed by atoms with Gasteiger partial charge in [0.15, 0.2) is 5.82 Å². The minimum Gasteiger partial charge on any atom is -0.328 e. The first-order valence-electron chi connectivity index (χ1n) is 5.24. The minimum absolute atomic E-state index is 0.152. The zero-order valence-electron chi connectivity index (χ0n) is 9.98. The lowest BCUT2D eigenvalue weighted by Gasteiger charge is -2.20. The van der Waals surface area contributed by atoms with E-state index in [1.807, 2.05) is 11.9 Å². The number of halogens is 1. The number of rotatable bonds is 2. The van der Waals surface area contributed by atoms with E-state index in [9.17, 15) is 0 Å². The van der Waals surface area contributed by atoms with Crippen molar-refractivity contribution in [1.82, 2.24) is 15.2 Å². The summed E-state index contributed by atoms with van der Waals surface area (Å²) in [7, 11) is 1.93. The van der Waals surface area contributed by atoms with Crippen LogP contribution in [-0.2, 0) is 0 Å². The van der Waals surface area contributed by atoms with Crippen LogP contribution in [0.15, 0.2) is 24.4 Å². The number of nitrogens with zero attached hydrogens (tertiary/aromatic N) is 4. The molecule has 17 heavy (non-hydrogen) atoms. The standard InChI is InChI=1S/C12H13ClN4/c1-8-4-5-10(9(2)6-8)17(3)11-7-14-16-12(13)15-11/h4-7H,1-3H3. The molecule has 2 rings (SSSR count). The van der Waals surface area contributed by atoms with Gasteiger partial charge in [0.25, 0.3) is 0 Å². The quantitative estimate of drug-likeness (QED) is 0.820. The average Bonchev–Trinajstić information content (AvgIpc) is 2.28. The van der Waals surface area contributed by atoms with Crippen LogP contribution in [0.2, 0.25) is 5.28 Å². The van der Waals surface area contributed by atoms with Crippen LogP contribution in [0.1, 0.15) is 11.1 Å². The van der Waals surface area contributed by atoms with E-state index in [0.717, 1.165) is 5.69 Å². The predicted molar refractivity (Wildman–Crippen MR) is 68.8 cm³/mol. The van der Waals surface area contributed by atoms with E-state index in [1.165, 1.54) is 11.1 Å². The number of anilines is 2. The van der Waals surface area contributed by atoms with E-state index in [-0.39, 0.29) is 5.28 Å². The molecule has 0 aliphatic rings. The predicted octanol–water partition coefficient (Wildman–Crippen LogP) is 2.91. The highest BCUT2D eigenvalue weighted by molar-refractivity contribution is 6.28. The Morgan fingerprint density at radius 1 is 1.24 bits per heavy atom. The SMILES string of the molecule is Cc1ccc(N(C)c2cnnc(Cl)n2)c(C)c1. The van der Waals surface area contributed by atoms with Gasteiger partial charge in [0.1, 0.15) is 0 Å². The summed E-state index contributed by atoms with van der Waals surface area (Å²) in [6.45, 7) is 4.13. The van der Waals surface area contributed by atoms with Crippen molar-refractivity contribution in [3.8, 4) is 0 Å². The number of hydrogen-bond acceptors (Lipinski definition) is 4. The van der Waals surface area contributed by atoms with Gasteiger partial charge < -0.3 is 4.90 Å². The molecule has 0 amide bonds. The van der Waals surface area contributed by atoms with Crippen molar-refractivity contribution in [1.29, 1.82) is 0 Å². The number of benzene rings is 1. The highest BCUT2D eigenvalue weighted by Crippen LogP contribution is 2.25. The number of hydrogen-bond donors (Lipinski definition) is 0. The fraction of sp³-hybridized carbons (Fsp3) is 0.250. The lowest BCUT2D eigenvalue weighted by molar-refractivity contribution is 0.947. The first-order valence-corrected chi connectivity index (χ1v) is 5.62. The van der Waals surface area contributed by atoms with Gasteiger partial charge in [0, 0.05) is 12.7 Å². The number of aromatic nitrogens is 3. The van der Waals surface area contributed by atoms with Crippen LogP contribution in [0.4, 0.5) is 11.5 Å². The molecule has 0 atom stereocenters.